The number of rotatable bonds is 4. The smallest absolute Gasteiger partial charge is 0.191 e. The Labute approximate surface area is 146 Å². The molecule has 1 aliphatic heterocycles. The number of benzene rings is 1. The molecule has 1 saturated heterocycles. The van der Waals surface area contributed by atoms with Gasteiger partial charge in [0.2, 0.25) is 0 Å². The number of hydrogen-bond donors (Lipinski definition) is 2. The van der Waals surface area contributed by atoms with Crippen molar-refractivity contribution in [3.63, 3.8) is 0 Å². The van der Waals surface area contributed by atoms with Crippen molar-refractivity contribution in [2.24, 2.45) is 10.9 Å². The van der Waals surface area contributed by atoms with Crippen molar-refractivity contribution >= 4 is 11.6 Å². The molecule has 3 rings (SSSR count). The number of aliphatic imine (C=N–C) groups is 1. The molecule has 0 amide bonds. The van der Waals surface area contributed by atoms with Crippen molar-refractivity contribution in [3.8, 4) is 0 Å². The Kier molecular flexibility index (Phi) is 5.78. The van der Waals surface area contributed by atoms with Crippen LogP contribution >= 0.6 is 0 Å². The first-order valence-electron chi connectivity index (χ1n) is 9.20. The van der Waals surface area contributed by atoms with Gasteiger partial charge in [-0.3, -0.25) is 4.99 Å². The highest BCUT2D eigenvalue weighted by Crippen LogP contribution is 2.23. The number of anilines is 1. The van der Waals surface area contributed by atoms with Gasteiger partial charge < -0.3 is 15.5 Å². The van der Waals surface area contributed by atoms with Crippen molar-refractivity contribution in [3.05, 3.63) is 42.0 Å². The lowest BCUT2D eigenvalue weighted by Crippen LogP contribution is -2.42. The molecule has 0 bridgehead atoms. The molecule has 1 aliphatic carbocycles. The first-order chi connectivity index (χ1) is 11.7. The summed E-state index contributed by atoms with van der Waals surface area (Å²) in [6.45, 7) is 5.53. The van der Waals surface area contributed by atoms with E-state index in [-0.39, 0.29) is 0 Å². The quantitative estimate of drug-likeness (QED) is 0.507. The third-order valence-corrected chi connectivity index (χ3v) is 5.12. The van der Waals surface area contributed by atoms with Crippen molar-refractivity contribution in [2.75, 3.05) is 25.0 Å². The van der Waals surface area contributed by atoms with Crippen molar-refractivity contribution in [1.82, 2.24) is 10.6 Å². The molecular weight excluding hydrogens is 296 g/mol. The van der Waals surface area contributed by atoms with E-state index in [1.54, 1.807) is 0 Å². The second-order valence-electron chi connectivity index (χ2n) is 7.05. The number of nitrogens with one attached hydrogen (secondary N) is 2. The van der Waals surface area contributed by atoms with E-state index >= 15 is 0 Å². The van der Waals surface area contributed by atoms with Crippen LogP contribution in [0.1, 0.15) is 38.2 Å². The molecule has 0 aromatic heterocycles. The van der Waals surface area contributed by atoms with E-state index in [4.69, 9.17) is 0 Å². The van der Waals surface area contributed by atoms with Gasteiger partial charge in [-0.25, -0.2) is 0 Å². The molecule has 1 fully saturated rings. The van der Waals surface area contributed by atoms with Crippen LogP contribution in [-0.2, 0) is 6.54 Å². The Morgan fingerprint density at radius 1 is 1.12 bits per heavy atom. The van der Waals surface area contributed by atoms with Crippen molar-refractivity contribution < 1.29 is 0 Å². The lowest BCUT2D eigenvalue weighted by molar-refractivity contribution is 0.438. The largest absolute Gasteiger partial charge is 0.372 e. The van der Waals surface area contributed by atoms with Gasteiger partial charge in [0.1, 0.15) is 0 Å². The summed E-state index contributed by atoms with van der Waals surface area (Å²) in [7, 11) is 1.83. The van der Waals surface area contributed by atoms with E-state index in [1.165, 1.54) is 37.2 Å². The molecule has 4 heteroatoms. The minimum atomic E-state index is 0.486. The lowest BCUT2D eigenvalue weighted by atomic mass is 9.99. The minimum absolute atomic E-state index is 0.486. The highest BCUT2D eigenvalue weighted by molar-refractivity contribution is 5.80. The van der Waals surface area contributed by atoms with Crippen LogP contribution in [0, 0.1) is 5.92 Å². The molecule has 1 aromatic rings. The van der Waals surface area contributed by atoms with Gasteiger partial charge in [-0.05, 0) is 49.3 Å². The van der Waals surface area contributed by atoms with Crippen molar-refractivity contribution in [2.45, 2.75) is 45.2 Å². The van der Waals surface area contributed by atoms with E-state index in [9.17, 15) is 0 Å². The average molecular weight is 326 g/mol. The number of hydrogen-bond acceptors (Lipinski definition) is 2. The van der Waals surface area contributed by atoms with Crippen LogP contribution in [0.25, 0.3) is 0 Å². The molecule has 0 radical (unpaired) electrons. The van der Waals surface area contributed by atoms with Crippen LogP contribution < -0.4 is 15.5 Å². The maximum Gasteiger partial charge on any atom is 0.191 e. The zero-order valence-corrected chi connectivity index (χ0v) is 15.0. The van der Waals surface area contributed by atoms with Gasteiger partial charge in [0, 0.05) is 38.4 Å². The monoisotopic (exact) mass is 326 g/mol. The molecule has 1 aromatic carbocycles. The molecule has 1 heterocycles. The molecule has 2 aliphatic rings. The highest BCUT2D eigenvalue weighted by atomic mass is 15.2. The van der Waals surface area contributed by atoms with Gasteiger partial charge in [-0.15, -0.1) is 0 Å². The first kappa shape index (κ1) is 16.9. The van der Waals surface area contributed by atoms with Gasteiger partial charge in [-0.1, -0.05) is 31.2 Å². The molecule has 0 unspecified atom stereocenters. The summed E-state index contributed by atoms with van der Waals surface area (Å²) in [4.78, 5) is 6.83. The van der Waals surface area contributed by atoms with Crippen LogP contribution in [0.2, 0.25) is 0 Å². The summed E-state index contributed by atoms with van der Waals surface area (Å²) < 4.78 is 0. The SMILES string of the molecule is CN=C(NCc1ccc(N2CCC(C)CC2)cc1)NC1CC=CC1. The van der Waals surface area contributed by atoms with Crippen LogP contribution in [0.4, 0.5) is 5.69 Å². The molecule has 4 nitrogen and oxygen atoms in total. The van der Waals surface area contributed by atoms with Gasteiger partial charge in [0.15, 0.2) is 5.96 Å². The molecular formula is C20H30N4. The second-order valence-corrected chi connectivity index (χ2v) is 7.05. The summed E-state index contributed by atoms with van der Waals surface area (Å²) in [5.41, 5.74) is 2.64. The molecule has 24 heavy (non-hydrogen) atoms. The summed E-state index contributed by atoms with van der Waals surface area (Å²) in [5.74, 6) is 1.76. The number of guanidine groups is 1. The summed E-state index contributed by atoms with van der Waals surface area (Å²) in [5, 5.41) is 6.89. The fraction of sp³-hybridized carbons (Fsp3) is 0.550. The van der Waals surface area contributed by atoms with Gasteiger partial charge in [0.25, 0.3) is 0 Å². The van der Waals surface area contributed by atoms with E-state index in [2.05, 4.69) is 63.9 Å². The maximum atomic E-state index is 4.32. The van der Waals surface area contributed by atoms with Crippen LogP contribution in [0.15, 0.2) is 41.4 Å². The second kappa shape index (κ2) is 8.22. The standard InChI is InChI=1S/C20H30N4/c1-16-11-13-24(14-12-16)19-9-7-17(8-10-19)15-22-20(21-2)23-18-5-3-4-6-18/h3-4,7-10,16,18H,5-6,11-15H2,1-2H3,(H2,21,22,23). The molecule has 0 spiro atoms. The van der Waals surface area contributed by atoms with E-state index in [0.29, 0.717) is 6.04 Å². The van der Waals surface area contributed by atoms with E-state index in [0.717, 1.165) is 31.3 Å². The van der Waals surface area contributed by atoms with Crippen LogP contribution in [0.3, 0.4) is 0 Å². The fourth-order valence-electron chi connectivity index (χ4n) is 3.40. The fourth-order valence-corrected chi connectivity index (χ4v) is 3.40. The van der Waals surface area contributed by atoms with E-state index in [1.807, 2.05) is 7.05 Å². The topological polar surface area (TPSA) is 39.7 Å². The predicted octanol–water partition coefficient (Wildman–Crippen LogP) is 3.31. The number of piperidine rings is 1. The van der Waals surface area contributed by atoms with E-state index < -0.39 is 0 Å². The summed E-state index contributed by atoms with van der Waals surface area (Å²) in [6, 6.07) is 9.45. The Hall–Kier alpha value is -1.97. The average Bonchev–Trinajstić information content (AvgIpc) is 3.13. The van der Waals surface area contributed by atoms with Crippen molar-refractivity contribution in [1.29, 1.82) is 0 Å². The Balaban J connectivity index is 1.48. The molecule has 2 N–H and O–H groups in total. The predicted molar refractivity (Wildman–Crippen MR) is 103 cm³/mol. The number of nitrogens with zero attached hydrogens (tertiary/aromatic N) is 2. The first-order valence-corrected chi connectivity index (χ1v) is 9.20. The lowest BCUT2D eigenvalue weighted by Gasteiger charge is -2.32. The molecule has 0 atom stereocenters. The normalized spacial score (nSPS) is 19.8. The highest BCUT2D eigenvalue weighted by Gasteiger charge is 2.16. The Bertz CT molecular complexity index is 560. The van der Waals surface area contributed by atoms with Gasteiger partial charge in [0.05, 0.1) is 0 Å². The van der Waals surface area contributed by atoms with Gasteiger partial charge >= 0.3 is 0 Å². The molecule has 0 saturated carbocycles. The third kappa shape index (κ3) is 4.53. The van der Waals surface area contributed by atoms with Crippen LogP contribution in [-0.4, -0.2) is 32.1 Å². The molecule has 130 valence electrons. The Morgan fingerprint density at radius 2 is 1.79 bits per heavy atom. The van der Waals surface area contributed by atoms with Gasteiger partial charge in [-0.2, -0.15) is 0 Å². The zero-order chi connectivity index (χ0) is 16.8. The summed E-state index contributed by atoms with van der Waals surface area (Å²) >= 11 is 0. The van der Waals surface area contributed by atoms with Crippen LogP contribution in [0.5, 0.6) is 0 Å². The maximum absolute atomic E-state index is 4.32. The zero-order valence-electron chi connectivity index (χ0n) is 15.0. The summed E-state index contributed by atoms with van der Waals surface area (Å²) in [6.07, 6.45) is 9.24. The minimum Gasteiger partial charge on any atom is -0.372 e. The Morgan fingerprint density at radius 3 is 2.42 bits per heavy atom. The third-order valence-electron chi connectivity index (χ3n) is 5.12.